The van der Waals surface area contributed by atoms with Crippen LogP contribution < -0.4 is 0 Å². The van der Waals surface area contributed by atoms with Crippen LogP contribution in [0.1, 0.15) is 12.0 Å². The van der Waals surface area contributed by atoms with Gasteiger partial charge >= 0.3 is 0 Å². The Kier molecular flexibility index (Phi) is 2.44. The van der Waals surface area contributed by atoms with Crippen LogP contribution in [0.15, 0.2) is 36.4 Å². The van der Waals surface area contributed by atoms with Gasteiger partial charge in [0.25, 0.3) is 0 Å². The SMILES string of the molecule is O=S1(=O)[C@H]2C[C@@H]3C=C[C@@]2(CN1Cc1cccc(F)c1)O3. The molecule has 0 aliphatic carbocycles. The van der Waals surface area contributed by atoms with Crippen LogP contribution >= 0.6 is 0 Å². The molecule has 0 radical (unpaired) electrons. The summed E-state index contributed by atoms with van der Waals surface area (Å²) < 4.78 is 45.6. The van der Waals surface area contributed by atoms with Crippen molar-refractivity contribution in [3.8, 4) is 0 Å². The summed E-state index contributed by atoms with van der Waals surface area (Å²) >= 11 is 0. The molecule has 4 rings (SSSR count). The third-order valence-corrected chi connectivity index (χ3v) is 6.63. The summed E-state index contributed by atoms with van der Waals surface area (Å²) in [6.07, 6.45) is 4.29. The number of hydrogen-bond donors (Lipinski definition) is 0. The van der Waals surface area contributed by atoms with Gasteiger partial charge in [0.15, 0.2) is 0 Å². The van der Waals surface area contributed by atoms with Crippen molar-refractivity contribution in [2.75, 3.05) is 6.54 Å². The van der Waals surface area contributed by atoms with Gasteiger partial charge in [-0.25, -0.2) is 12.8 Å². The van der Waals surface area contributed by atoms with Crippen LogP contribution in [0, 0.1) is 5.82 Å². The van der Waals surface area contributed by atoms with E-state index in [1.807, 2.05) is 12.2 Å². The molecule has 0 N–H and O–H groups in total. The number of nitrogens with zero attached hydrogens (tertiary/aromatic N) is 1. The van der Waals surface area contributed by atoms with E-state index in [4.69, 9.17) is 4.74 Å². The molecular formula is C14H14FNO3S. The fourth-order valence-corrected chi connectivity index (χ4v) is 5.66. The smallest absolute Gasteiger partial charge is 0.220 e. The lowest BCUT2D eigenvalue weighted by molar-refractivity contribution is 0.0298. The molecule has 0 saturated carbocycles. The molecule has 2 fully saturated rings. The molecule has 0 unspecified atom stereocenters. The molecule has 1 aromatic rings. The highest BCUT2D eigenvalue weighted by Crippen LogP contribution is 2.48. The summed E-state index contributed by atoms with van der Waals surface area (Å²) in [4.78, 5) is 0. The van der Waals surface area contributed by atoms with Crippen molar-refractivity contribution in [1.82, 2.24) is 4.31 Å². The van der Waals surface area contributed by atoms with Crippen molar-refractivity contribution >= 4 is 10.0 Å². The Morgan fingerprint density at radius 3 is 3.00 bits per heavy atom. The van der Waals surface area contributed by atoms with E-state index in [2.05, 4.69) is 0 Å². The Morgan fingerprint density at radius 1 is 1.45 bits per heavy atom. The van der Waals surface area contributed by atoms with Gasteiger partial charge in [-0.1, -0.05) is 24.3 Å². The van der Waals surface area contributed by atoms with Crippen molar-refractivity contribution in [3.63, 3.8) is 0 Å². The number of fused-ring (bicyclic) bond motifs is 1. The number of halogens is 1. The monoisotopic (exact) mass is 295 g/mol. The van der Waals surface area contributed by atoms with Crippen molar-refractivity contribution in [2.24, 2.45) is 0 Å². The minimum absolute atomic E-state index is 0.0638. The van der Waals surface area contributed by atoms with Gasteiger partial charge in [-0.3, -0.25) is 0 Å². The van der Waals surface area contributed by atoms with E-state index < -0.39 is 20.9 Å². The van der Waals surface area contributed by atoms with Gasteiger partial charge in [-0.05, 0) is 24.1 Å². The summed E-state index contributed by atoms with van der Waals surface area (Å²) in [7, 11) is -3.38. The number of hydrogen-bond acceptors (Lipinski definition) is 3. The lowest BCUT2D eigenvalue weighted by atomic mass is 9.94. The fraction of sp³-hybridized carbons (Fsp3) is 0.429. The zero-order valence-electron chi connectivity index (χ0n) is 10.7. The van der Waals surface area contributed by atoms with E-state index in [1.165, 1.54) is 16.4 Å². The van der Waals surface area contributed by atoms with Gasteiger partial charge in [0.1, 0.15) is 16.7 Å². The Bertz CT molecular complexity index is 702. The van der Waals surface area contributed by atoms with E-state index in [-0.39, 0.29) is 18.5 Å². The average Bonchev–Trinajstić information content (AvgIpc) is 3.00. The molecule has 20 heavy (non-hydrogen) atoms. The zero-order valence-corrected chi connectivity index (χ0v) is 11.5. The molecule has 2 saturated heterocycles. The quantitative estimate of drug-likeness (QED) is 0.776. The van der Waals surface area contributed by atoms with Crippen molar-refractivity contribution < 1.29 is 17.5 Å². The third kappa shape index (κ3) is 1.62. The first-order valence-corrected chi connectivity index (χ1v) is 8.11. The molecule has 6 heteroatoms. The summed E-state index contributed by atoms with van der Waals surface area (Å²) in [6.45, 7) is 0.518. The fourth-order valence-electron chi connectivity index (χ4n) is 3.45. The van der Waals surface area contributed by atoms with Gasteiger partial charge in [-0.15, -0.1) is 0 Å². The Morgan fingerprint density at radius 2 is 2.30 bits per heavy atom. The summed E-state index contributed by atoms with van der Waals surface area (Å²) in [5.41, 5.74) is -0.0277. The van der Waals surface area contributed by atoms with Crippen LogP contribution in [-0.4, -0.2) is 36.2 Å². The molecule has 0 aromatic heterocycles. The number of sulfonamides is 1. The lowest BCUT2D eigenvalue weighted by Crippen LogP contribution is -2.36. The molecule has 4 nitrogen and oxygen atoms in total. The van der Waals surface area contributed by atoms with E-state index in [0.717, 1.165) is 0 Å². The molecule has 3 heterocycles. The maximum Gasteiger partial charge on any atom is 0.220 e. The highest BCUT2D eigenvalue weighted by molar-refractivity contribution is 7.90. The van der Waals surface area contributed by atoms with Crippen molar-refractivity contribution in [3.05, 3.63) is 47.8 Å². The summed E-state index contributed by atoms with van der Waals surface area (Å²) in [6, 6.07) is 6.05. The molecule has 3 atom stereocenters. The minimum atomic E-state index is -3.38. The van der Waals surface area contributed by atoms with E-state index >= 15 is 0 Å². The second kappa shape index (κ2) is 3.90. The molecule has 3 aliphatic rings. The van der Waals surface area contributed by atoms with Gasteiger partial charge < -0.3 is 4.74 Å². The molecule has 0 amide bonds. The summed E-state index contributed by atoms with van der Waals surface area (Å²) in [5.74, 6) is -0.352. The van der Waals surface area contributed by atoms with E-state index in [9.17, 15) is 12.8 Å². The Labute approximate surface area is 116 Å². The molecular weight excluding hydrogens is 281 g/mol. The van der Waals surface area contributed by atoms with Crippen molar-refractivity contribution in [2.45, 2.75) is 29.9 Å². The molecule has 1 aromatic carbocycles. The molecule has 106 valence electrons. The maximum absolute atomic E-state index is 13.2. The number of ether oxygens (including phenoxy) is 1. The second-order valence-corrected chi connectivity index (χ2v) is 7.75. The van der Waals surface area contributed by atoms with E-state index in [0.29, 0.717) is 18.5 Å². The van der Waals surface area contributed by atoms with Gasteiger partial charge in [0, 0.05) is 13.1 Å². The molecule has 3 aliphatic heterocycles. The van der Waals surface area contributed by atoms with Crippen LogP contribution in [0.25, 0.3) is 0 Å². The van der Waals surface area contributed by atoms with Crippen LogP contribution in [0.5, 0.6) is 0 Å². The lowest BCUT2D eigenvalue weighted by Gasteiger charge is -2.19. The van der Waals surface area contributed by atoms with Crippen molar-refractivity contribution in [1.29, 1.82) is 0 Å². The average molecular weight is 295 g/mol. The Balaban J connectivity index is 1.66. The minimum Gasteiger partial charge on any atom is -0.361 e. The first kappa shape index (κ1) is 12.5. The normalized spacial score (nSPS) is 37.5. The van der Waals surface area contributed by atoms with Crippen LogP contribution in [0.2, 0.25) is 0 Å². The zero-order chi connectivity index (χ0) is 14.0. The van der Waals surface area contributed by atoms with Gasteiger partial charge in [0.05, 0.1) is 6.10 Å². The first-order chi connectivity index (χ1) is 9.49. The predicted molar refractivity (Wildman–Crippen MR) is 70.9 cm³/mol. The topological polar surface area (TPSA) is 46.6 Å². The van der Waals surface area contributed by atoms with Crippen LogP contribution in [-0.2, 0) is 21.3 Å². The third-order valence-electron chi connectivity index (χ3n) is 4.35. The van der Waals surface area contributed by atoms with Gasteiger partial charge in [-0.2, -0.15) is 4.31 Å². The van der Waals surface area contributed by atoms with Crippen LogP contribution in [0.4, 0.5) is 4.39 Å². The summed E-state index contributed by atoms with van der Waals surface area (Å²) in [5, 5.41) is -0.487. The predicted octanol–water partition coefficient (Wildman–Crippen LogP) is 1.44. The van der Waals surface area contributed by atoms with E-state index in [1.54, 1.807) is 12.1 Å². The van der Waals surface area contributed by atoms with Crippen LogP contribution in [0.3, 0.4) is 0 Å². The highest BCUT2D eigenvalue weighted by Gasteiger charge is 2.63. The molecule has 1 spiro atoms. The number of rotatable bonds is 2. The molecule has 2 bridgehead atoms. The van der Waals surface area contributed by atoms with Gasteiger partial charge in [0.2, 0.25) is 10.0 Å². The standard InChI is InChI=1S/C14H14FNO3S/c15-11-3-1-2-10(6-11)8-16-9-14-5-4-12(19-14)7-13(14)20(16,17)18/h1-6,12-13H,7-9H2/t12-,13-,14-/m0/s1. The maximum atomic E-state index is 13.2. The number of benzene rings is 1. The largest absolute Gasteiger partial charge is 0.361 e. The highest BCUT2D eigenvalue weighted by atomic mass is 32.2. The first-order valence-electron chi connectivity index (χ1n) is 6.60. The Hall–Kier alpha value is -1.24. The second-order valence-electron chi connectivity index (χ2n) is 5.64.